The molecule has 4 heteroatoms. The van der Waals surface area contributed by atoms with E-state index in [4.69, 9.17) is 0 Å². The molecule has 0 aliphatic carbocycles. The molecule has 2 rings (SSSR count). The van der Waals surface area contributed by atoms with E-state index in [-0.39, 0.29) is 24.3 Å². The van der Waals surface area contributed by atoms with E-state index >= 15 is 0 Å². The highest BCUT2D eigenvalue weighted by atomic mass is 16.5. The monoisotopic (exact) mass is 325 g/mol. The number of ether oxygens (including phenoxy) is 1. The third-order valence-corrected chi connectivity index (χ3v) is 3.87. The summed E-state index contributed by atoms with van der Waals surface area (Å²) in [7, 11) is 1.34. The molecule has 0 heterocycles. The van der Waals surface area contributed by atoms with Gasteiger partial charge in [-0.05, 0) is 37.0 Å². The maximum atomic E-state index is 12.5. The maximum Gasteiger partial charge on any atom is 0.307 e. The molecule has 0 fully saturated rings. The van der Waals surface area contributed by atoms with Gasteiger partial charge in [0, 0.05) is 11.6 Å². The van der Waals surface area contributed by atoms with Gasteiger partial charge in [0.1, 0.15) is 0 Å². The summed E-state index contributed by atoms with van der Waals surface area (Å²) in [5.41, 5.74) is 2.90. The third-order valence-electron chi connectivity index (χ3n) is 3.87. The molecule has 0 bridgehead atoms. The van der Waals surface area contributed by atoms with E-state index < -0.39 is 0 Å². The van der Waals surface area contributed by atoms with Gasteiger partial charge in [0.2, 0.25) is 0 Å². The van der Waals surface area contributed by atoms with Crippen molar-refractivity contribution in [2.75, 3.05) is 7.11 Å². The molecule has 1 unspecified atom stereocenters. The van der Waals surface area contributed by atoms with Crippen LogP contribution >= 0.6 is 0 Å². The minimum absolute atomic E-state index is 0.157. The van der Waals surface area contributed by atoms with Gasteiger partial charge < -0.3 is 10.1 Å². The molecule has 1 N–H and O–H groups in total. The van der Waals surface area contributed by atoms with Crippen LogP contribution in [-0.2, 0) is 22.4 Å². The average molecular weight is 325 g/mol. The molecule has 0 aliphatic rings. The number of esters is 1. The van der Waals surface area contributed by atoms with Gasteiger partial charge in [0.15, 0.2) is 0 Å². The molecule has 0 aliphatic heterocycles. The zero-order chi connectivity index (χ0) is 17.4. The van der Waals surface area contributed by atoms with E-state index in [2.05, 4.69) is 22.2 Å². The molecular weight excluding hydrogens is 302 g/mol. The summed E-state index contributed by atoms with van der Waals surface area (Å²) in [6, 6.07) is 17.5. The van der Waals surface area contributed by atoms with Crippen molar-refractivity contribution in [3.05, 3.63) is 71.3 Å². The summed E-state index contributed by atoms with van der Waals surface area (Å²) in [6.07, 6.45) is 1.83. The van der Waals surface area contributed by atoms with E-state index in [9.17, 15) is 9.59 Å². The van der Waals surface area contributed by atoms with Crippen LogP contribution in [0.4, 0.5) is 0 Å². The number of methoxy groups -OCH3 is 1. The summed E-state index contributed by atoms with van der Waals surface area (Å²) in [6.45, 7) is 1.79. The van der Waals surface area contributed by atoms with Crippen LogP contribution in [-0.4, -0.2) is 25.0 Å². The number of carbonyl (C=O) groups excluding carboxylic acids is 2. The van der Waals surface area contributed by atoms with Gasteiger partial charge in [-0.3, -0.25) is 9.59 Å². The van der Waals surface area contributed by atoms with Crippen molar-refractivity contribution in [3.8, 4) is 0 Å². The van der Waals surface area contributed by atoms with E-state index in [1.807, 2.05) is 42.5 Å². The lowest BCUT2D eigenvalue weighted by Crippen LogP contribution is -2.35. The highest BCUT2D eigenvalue weighted by molar-refractivity contribution is 5.96. The van der Waals surface area contributed by atoms with Crippen molar-refractivity contribution < 1.29 is 14.3 Å². The minimum atomic E-state index is -0.333. The molecule has 0 saturated carbocycles. The highest BCUT2D eigenvalue weighted by Gasteiger charge is 2.15. The number of hydrogen-bond acceptors (Lipinski definition) is 3. The van der Waals surface area contributed by atoms with Gasteiger partial charge in [-0.2, -0.15) is 0 Å². The predicted octanol–water partition coefficient (Wildman–Crippen LogP) is 3.15. The van der Waals surface area contributed by atoms with Gasteiger partial charge in [-0.15, -0.1) is 0 Å². The molecular formula is C20H23NO3. The van der Waals surface area contributed by atoms with Gasteiger partial charge in [-0.1, -0.05) is 48.5 Å². The fraction of sp³-hybridized carbons (Fsp3) is 0.300. The molecule has 0 radical (unpaired) electrons. The largest absolute Gasteiger partial charge is 0.469 e. The SMILES string of the molecule is COC(=O)CC(C)NC(=O)c1ccccc1CCc1ccccc1. The minimum Gasteiger partial charge on any atom is -0.469 e. The lowest BCUT2D eigenvalue weighted by Gasteiger charge is -2.15. The van der Waals surface area contributed by atoms with Gasteiger partial charge in [0.05, 0.1) is 13.5 Å². The number of hydrogen-bond donors (Lipinski definition) is 1. The topological polar surface area (TPSA) is 55.4 Å². The molecule has 126 valence electrons. The molecule has 2 aromatic carbocycles. The van der Waals surface area contributed by atoms with Crippen LogP contribution in [0.15, 0.2) is 54.6 Å². The van der Waals surface area contributed by atoms with Gasteiger partial charge >= 0.3 is 5.97 Å². The molecule has 2 aromatic rings. The first kappa shape index (κ1) is 17.7. The second-order valence-electron chi connectivity index (χ2n) is 5.80. The fourth-order valence-electron chi connectivity index (χ4n) is 2.57. The van der Waals surface area contributed by atoms with Crippen molar-refractivity contribution >= 4 is 11.9 Å². The van der Waals surface area contributed by atoms with Gasteiger partial charge in [0.25, 0.3) is 5.91 Å². The smallest absolute Gasteiger partial charge is 0.307 e. The van der Waals surface area contributed by atoms with E-state index in [0.717, 1.165) is 18.4 Å². The van der Waals surface area contributed by atoms with E-state index in [1.165, 1.54) is 12.7 Å². The first-order valence-electron chi connectivity index (χ1n) is 8.09. The van der Waals surface area contributed by atoms with Crippen molar-refractivity contribution in [2.24, 2.45) is 0 Å². The zero-order valence-corrected chi connectivity index (χ0v) is 14.1. The Morgan fingerprint density at radius 2 is 1.67 bits per heavy atom. The number of benzene rings is 2. The summed E-state index contributed by atoms with van der Waals surface area (Å²) >= 11 is 0. The number of rotatable bonds is 7. The Morgan fingerprint density at radius 1 is 1.00 bits per heavy atom. The first-order chi connectivity index (χ1) is 11.6. The maximum absolute atomic E-state index is 12.5. The summed E-state index contributed by atoms with van der Waals surface area (Å²) in [5.74, 6) is -0.491. The number of nitrogens with one attached hydrogen (secondary N) is 1. The Labute approximate surface area is 142 Å². The molecule has 1 amide bonds. The van der Waals surface area contributed by atoms with Crippen LogP contribution < -0.4 is 5.32 Å². The average Bonchev–Trinajstić information content (AvgIpc) is 2.60. The molecule has 24 heavy (non-hydrogen) atoms. The van der Waals surface area contributed by atoms with E-state index in [1.54, 1.807) is 6.92 Å². The van der Waals surface area contributed by atoms with Crippen LogP contribution in [0, 0.1) is 0 Å². The van der Waals surface area contributed by atoms with Crippen molar-refractivity contribution in [2.45, 2.75) is 32.2 Å². The predicted molar refractivity (Wildman–Crippen MR) is 93.9 cm³/mol. The van der Waals surface area contributed by atoms with Crippen molar-refractivity contribution in [1.29, 1.82) is 0 Å². The number of amides is 1. The fourth-order valence-corrected chi connectivity index (χ4v) is 2.57. The summed E-state index contributed by atoms with van der Waals surface area (Å²) in [5, 5.41) is 2.86. The van der Waals surface area contributed by atoms with Crippen LogP contribution in [0.2, 0.25) is 0 Å². The molecule has 0 aromatic heterocycles. The lowest BCUT2D eigenvalue weighted by atomic mass is 9.99. The quantitative estimate of drug-likeness (QED) is 0.796. The lowest BCUT2D eigenvalue weighted by molar-refractivity contribution is -0.141. The van der Waals surface area contributed by atoms with Crippen molar-refractivity contribution in [1.82, 2.24) is 5.32 Å². The molecule has 0 spiro atoms. The number of aryl methyl sites for hydroxylation is 2. The molecule has 1 atom stereocenters. The normalized spacial score (nSPS) is 11.6. The Balaban J connectivity index is 2.02. The van der Waals surface area contributed by atoms with Crippen LogP contribution in [0.25, 0.3) is 0 Å². The van der Waals surface area contributed by atoms with Crippen LogP contribution in [0.3, 0.4) is 0 Å². The van der Waals surface area contributed by atoms with E-state index in [0.29, 0.717) is 5.56 Å². The number of carbonyl (C=O) groups is 2. The Morgan fingerprint density at radius 3 is 2.38 bits per heavy atom. The standard InChI is InChI=1S/C20H23NO3/c1-15(14-19(22)24-2)21-20(23)18-11-7-6-10-17(18)13-12-16-8-4-3-5-9-16/h3-11,15H,12-14H2,1-2H3,(H,21,23). The highest BCUT2D eigenvalue weighted by Crippen LogP contribution is 2.13. The zero-order valence-electron chi connectivity index (χ0n) is 14.1. The second-order valence-corrected chi connectivity index (χ2v) is 5.80. The van der Waals surface area contributed by atoms with Crippen LogP contribution in [0.1, 0.15) is 34.8 Å². The van der Waals surface area contributed by atoms with Crippen LogP contribution in [0.5, 0.6) is 0 Å². The summed E-state index contributed by atoms with van der Waals surface area (Å²) in [4.78, 5) is 23.8. The molecule has 0 saturated heterocycles. The van der Waals surface area contributed by atoms with Crippen molar-refractivity contribution in [3.63, 3.8) is 0 Å². The second kappa shape index (κ2) is 8.87. The Hall–Kier alpha value is -2.62. The molecule has 4 nitrogen and oxygen atoms in total. The Bertz CT molecular complexity index is 682. The summed E-state index contributed by atoms with van der Waals surface area (Å²) < 4.78 is 4.63. The van der Waals surface area contributed by atoms with Gasteiger partial charge in [-0.25, -0.2) is 0 Å². The Kier molecular flexibility index (Phi) is 6.55. The first-order valence-corrected chi connectivity index (χ1v) is 8.09. The third kappa shape index (κ3) is 5.23.